The van der Waals surface area contributed by atoms with E-state index in [9.17, 15) is 13.2 Å². The lowest BCUT2D eigenvalue weighted by molar-refractivity contribution is -0.127. The lowest BCUT2D eigenvalue weighted by Gasteiger charge is -2.34. The number of sulfonamides is 1. The number of rotatable bonds is 8. The molecule has 140 valence electrons. The highest BCUT2D eigenvalue weighted by Crippen LogP contribution is 2.34. The Hall–Kier alpha value is -1.80. The molecule has 1 aliphatic rings. The first-order chi connectivity index (χ1) is 11.8. The Balaban J connectivity index is 2.02. The van der Waals surface area contributed by atoms with Gasteiger partial charge in [-0.25, -0.2) is 8.42 Å². The van der Waals surface area contributed by atoms with Gasteiger partial charge >= 0.3 is 0 Å². The molecule has 1 aromatic rings. The Bertz CT molecular complexity index is 690. The van der Waals surface area contributed by atoms with Crippen molar-refractivity contribution in [3.05, 3.63) is 24.3 Å². The van der Waals surface area contributed by atoms with Crippen molar-refractivity contribution in [2.24, 2.45) is 0 Å². The van der Waals surface area contributed by atoms with Gasteiger partial charge in [0.2, 0.25) is 10.0 Å². The van der Waals surface area contributed by atoms with Gasteiger partial charge in [0.25, 0.3) is 5.91 Å². The van der Waals surface area contributed by atoms with Gasteiger partial charge in [-0.3, -0.25) is 9.10 Å². The van der Waals surface area contributed by atoms with E-state index in [4.69, 9.17) is 9.47 Å². The number of ether oxygens (including phenoxy) is 2. The standard InChI is InChI=1S/C17H26N2O5S/c1-4-25(21,22)19-12-16(24-15-9-6-5-8-14(15)19)17(20)18-10-7-11-23-13(2)3/h5-6,8-9,13,16H,4,7,10-12H2,1-3H3,(H,18,20). The van der Waals surface area contributed by atoms with Crippen molar-refractivity contribution in [3.63, 3.8) is 0 Å². The number of hydrogen-bond donors (Lipinski definition) is 1. The van der Waals surface area contributed by atoms with E-state index in [0.29, 0.717) is 31.0 Å². The molecule has 1 N–H and O–H groups in total. The van der Waals surface area contributed by atoms with Gasteiger partial charge in [-0.1, -0.05) is 12.1 Å². The van der Waals surface area contributed by atoms with Crippen LogP contribution in [0, 0.1) is 0 Å². The maximum atomic E-state index is 12.4. The Morgan fingerprint density at radius 1 is 1.40 bits per heavy atom. The molecule has 1 aromatic carbocycles. The quantitative estimate of drug-likeness (QED) is 0.702. The zero-order chi connectivity index (χ0) is 18.4. The summed E-state index contributed by atoms with van der Waals surface area (Å²) in [5.41, 5.74) is 0.471. The van der Waals surface area contributed by atoms with E-state index < -0.39 is 16.1 Å². The van der Waals surface area contributed by atoms with E-state index in [2.05, 4.69) is 5.32 Å². The van der Waals surface area contributed by atoms with Crippen LogP contribution in [0.2, 0.25) is 0 Å². The minimum absolute atomic E-state index is 0.0263. The number of fused-ring (bicyclic) bond motifs is 1. The third-order valence-electron chi connectivity index (χ3n) is 3.80. The summed E-state index contributed by atoms with van der Waals surface area (Å²) in [7, 11) is -3.49. The predicted molar refractivity (Wildman–Crippen MR) is 96.4 cm³/mol. The van der Waals surface area contributed by atoms with Crippen LogP contribution in [0.25, 0.3) is 0 Å². The number of nitrogens with zero attached hydrogens (tertiary/aromatic N) is 1. The molecule has 0 saturated heterocycles. The van der Waals surface area contributed by atoms with Crippen molar-refractivity contribution in [1.29, 1.82) is 0 Å². The van der Waals surface area contributed by atoms with Crippen LogP contribution in [-0.4, -0.2) is 52.0 Å². The third kappa shape index (κ3) is 5.09. The van der Waals surface area contributed by atoms with Crippen molar-refractivity contribution in [1.82, 2.24) is 5.32 Å². The van der Waals surface area contributed by atoms with Gasteiger partial charge in [0, 0.05) is 13.2 Å². The van der Waals surface area contributed by atoms with Crippen LogP contribution in [-0.2, 0) is 19.6 Å². The number of amides is 1. The summed E-state index contributed by atoms with van der Waals surface area (Å²) in [5.74, 6) is 0.0341. The van der Waals surface area contributed by atoms with Gasteiger partial charge in [-0.15, -0.1) is 0 Å². The Labute approximate surface area is 149 Å². The molecule has 1 unspecified atom stereocenters. The average molecular weight is 370 g/mol. The molecule has 2 rings (SSSR count). The van der Waals surface area contributed by atoms with Crippen LogP contribution in [0.1, 0.15) is 27.2 Å². The predicted octanol–water partition coefficient (Wildman–Crippen LogP) is 1.54. The molecule has 8 heteroatoms. The summed E-state index contributed by atoms with van der Waals surface area (Å²) in [6.45, 7) is 6.47. The molecule has 0 radical (unpaired) electrons. The maximum absolute atomic E-state index is 12.4. The summed E-state index contributed by atoms with van der Waals surface area (Å²) in [5, 5.41) is 2.78. The topological polar surface area (TPSA) is 84.9 Å². The van der Waals surface area contributed by atoms with Gasteiger partial charge in [0.05, 0.1) is 24.1 Å². The summed E-state index contributed by atoms with van der Waals surface area (Å²) >= 11 is 0. The number of carbonyl (C=O) groups excluding carboxylic acids is 1. The summed E-state index contributed by atoms with van der Waals surface area (Å²) in [4.78, 5) is 12.4. The van der Waals surface area contributed by atoms with Crippen molar-refractivity contribution >= 4 is 21.6 Å². The van der Waals surface area contributed by atoms with Crippen LogP contribution < -0.4 is 14.4 Å². The highest BCUT2D eigenvalue weighted by Gasteiger charge is 2.35. The average Bonchev–Trinajstić information content (AvgIpc) is 2.59. The summed E-state index contributed by atoms with van der Waals surface area (Å²) in [6.07, 6.45) is -0.0339. The van der Waals surface area contributed by atoms with Crippen molar-refractivity contribution in [3.8, 4) is 5.75 Å². The van der Waals surface area contributed by atoms with Crippen molar-refractivity contribution in [2.75, 3.05) is 29.8 Å². The highest BCUT2D eigenvalue weighted by atomic mass is 32.2. The Morgan fingerprint density at radius 2 is 2.12 bits per heavy atom. The van der Waals surface area contributed by atoms with Gasteiger partial charge in [0.1, 0.15) is 5.75 Å². The number of para-hydroxylation sites is 2. The fourth-order valence-corrected chi connectivity index (χ4v) is 3.60. The molecular formula is C17H26N2O5S. The van der Waals surface area contributed by atoms with Crippen LogP contribution in [0.5, 0.6) is 5.75 Å². The molecule has 0 aromatic heterocycles. The van der Waals surface area contributed by atoms with Gasteiger partial charge in [-0.2, -0.15) is 0 Å². The van der Waals surface area contributed by atoms with E-state index in [1.54, 1.807) is 31.2 Å². The van der Waals surface area contributed by atoms with E-state index in [1.165, 1.54) is 4.31 Å². The molecule has 0 fully saturated rings. The first-order valence-electron chi connectivity index (χ1n) is 8.50. The molecule has 25 heavy (non-hydrogen) atoms. The van der Waals surface area contributed by atoms with Gasteiger partial charge in [0.15, 0.2) is 6.10 Å². The van der Waals surface area contributed by atoms with Crippen LogP contribution in [0.3, 0.4) is 0 Å². The van der Waals surface area contributed by atoms with E-state index in [0.717, 1.165) is 0 Å². The van der Waals surface area contributed by atoms with Crippen molar-refractivity contribution < 1.29 is 22.7 Å². The van der Waals surface area contributed by atoms with Gasteiger partial charge in [-0.05, 0) is 39.3 Å². The Morgan fingerprint density at radius 3 is 2.80 bits per heavy atom. The molecule has 0 bridgehead atoms. The normalized spacial score (nSPS) is 17.1. The Kier molecular flexibility index (Phi) is 6.66. The zero-order valence-electron chi connectivity index (χ0n) is 14.9. The van der Waals surface area contributed by atoms with E-state index in [-0.39, 0.29) is 24.3 Å². The molecule has 0 aliphatic carbocycles. The third-order valence-corrected chi connectivity index (χ3v) is 5.55. The molecule has 1 amide bonds. The molecule has 1 atom stereocenters. The monoisotopic (exact) mass is 370 g/mol. The number of anilines is 1. The molecule has 0 saturated carbocycles. The second-order valence-electron chi connectivity index (χ2n) is 6.07. The van der Waals surface area contributed by atoms with Crippen LogP contribution in [0.15, 0.2) is 24.3 Å². The number of carbonyl (C=O) groups is 1. The smallest absolute Gasteiger partial charge is 0.263 e. The SMILES string of the molecule is CCS(=O)(=O)N1CC(C(=O)NCCCOC(C)C)Oc2ccccc21. The highest BCUT2D eigenvalue weighted by molar-refractivity contribution is 7.92. The van der Waals surface area contributed by atoms with Crippen molar-refractivity contribution in [2.45, 2.75) is 39.4 Å². The first-order valence-corrected chi connectivity index (χ1v) is 10.1. The van der Waals surface area contributed by atoms with Crippen LogP contribution >= 0.6 is 0 Å². The molecule has 1 aliphatic heterocycles. The van der Waals surface area contributed by atoms with Gasteiger partial charge < -0.3 is 14.8 Å². The first kappa shape index (κ1) is 19.5. The van der Waals surface area contributed by atoms with E-state index >= 15 is 0 Å². The molecule has 1 heterocycles. The number of hydrogen-bond acceptors (Lipinski definition) is 5. The number of benzene rings is 1. The van der Waals surface area contributed by atoms with Crippen LogP contribution in [0.4, 0.5) is 5.69 Å². The second-order valence-corrected chi connectivity index (χ2v) is 8.25. The second kappa shape index (κ2) is 8.53. The molecule has 7 nitrogen and oxygen atoms in total. The maximum Gasteiger partial charge on any atom is 0.263 e. The molecular weight excluding hydrogens is 344 g/mol. The largest absolute Gasteiger partial charge is 0.476 e. The summed E-state index contributed by atoms with van der Waals surface area (Å²) < 4.78 is 37.1. The minimum Gasteiger partial charge on any atom is -0.476 e. The fraction of sp³-hybridized carbons (Fsp3) is 0.588. The van der Waals surface area contributed by atoms with E-state index in [1.807, 2.05) is 13.8 Å². The minimum atomic E-state index is -3.49. The molecule has 0 spiro atoms. The number of nitrogens with one attached hydrogen (secondary N) is 1. The lowest BCUT2D eigenvalue weighted by atomic mass is 10.2. The summed E-state index contributed by atoms with van der Waals surface area (Å²) in [6, 6.07) is 6.85. The fourth-order valence-electron chi connectivity index (χ4n) is 2.47. The zero-order valence-corrected chi connectivity index (χ0v) is 15.7. The lowest BCUT2D eigenvalue weighted by Crippen LogP contribution is -2.51.